The highest BCUT2D eigenvalue weighted by Crippen LogP contribution is 2.14. The van der Waals surface area contributed by atoms with Gasteiger partial charge in [0, 0.05) is 33.4 Å². The van der Waals surface area contributed by atoms with Gasteiger partial charge in [-0.15, -0.1) is 0 Å². The number of rotatable bonds is 7. The first kappa shape index (κ1) is 19.4. The average Bonchev–Trinajstić information content (AvgIpc) is 2.74. The van der Waals surface area contributed by atoms with E-state index in [1.807, 2.05) is 18.2 Å². The number of benzene rings is 2. The highest BCUT2D eigenvalue weighted by Gasteiger charge is 2.14. The molecule has 0 unspecified atom stereocenters. The third-order valence-electron chi connectivity index (χ3n) is 4.63. The number of guanidine groups is 1. The molecule has 1 aliphatic heterocycles. The van der Waals surface area contributed by atoms with Crippen LogP contribution in [0.3, 0.4) is 0 Å². The van der Waals surface area contributed by atoms with Crippen LogP contribution >= 0.6 is 0 Å². The molecule has 27 heavy (non-hydrogen) atoms. The number of ether oxygens (including phenoxy) is 2. The highest BCUT2D eigenvalue weighted by molar-refractivity contribution is 5.79. The summed E-state index contributed by atoms with van der Waals surface area (Å²) in [4.78, 5) is 4.30. The van der Waals surface area contributed by atoms with Crippen LogP contribution in [-0.2, 0) is 29.2 Å². The van der Waals surface area contributed by atoms with Gasteiger partial charge in [-0.1, -0.05) is 54.6 Å². The molecule has 1 heterocycles. The van der Waals surface area contributed by atoms with E-state index in [9.17, 15) is 0 Å². The zero-order chi connectivity index (χ0) is 18.7. The summed E-state index contributed by atoms with van der Waals surface area (Å²) >= 11 is 0. The van der Waals surface area contributed by atoms with E-state index in [0.717, 1.165) is 45.1 Å². The first-order chi connectivity index (χ1) is 13.3. The van der Waals surface area contributed by atoms with Crippen molar-refractivity contribution < 1.29 is 9.47 Å². The molecule has 144 valence electrons. The lowest BCUT2D eigenvalue weighted by atomic mass is 10.1. The van der Waals surface area contributed by atoms with Crippen molar-refractivity contribution in [2.75, 3.05) is 20.3 Å². The maximum absolute atomic E-state index is 6.02. The number of nitrogens with one attached hydrogen (secondary N) is 2. The van der Waals surface area contributed by atoms with Gasteiger partial charge in [-0.25, -0.2) is 0 Å². The molecule has 0 atom stereocenters. The van der Waals surface area contributed by atoms with Crippen LogP contribution in [0.1, 0.15) is 29.5 Å². The average molecular weight is 367 g/mol. The molecule has 0 aromatic heterocycles. The minimum atomic E-state index is 0.321. The molecular weight excluding hydrogens is 338 g/mol. The normalized spacial score (nSPS) is 15.5. The van der Waals surface area contributed by atoms with Gasteiger partial charge in [-0.3, -0.25) is 4.99 Å². The molecule has 0 amide bonds. The Morgan fingerprint density at radius 1 is 0.963 bits per heavy atom. The molecule has 1 fully saturated rings. The number of hydrogen-bond donors (Lipinski definition) is 2. The summed E-state index contributed by atoms with van der Waals surface area (Å²) < 4.78 is 11.4. The van der Waals surface area contributed by atoms with Gasteiger partial charge in [0.25, 0.3) is 0 Å². The zero-order valence-corrected chi connectivity index (χ0v) is 16.0. The van der Waals surface area contributed by atoms with Crippen molar-refractivity contribution in [2.45, 2.75) is 38.6 Å². The molecule has 5 nitrogen and oxygen atoms in total. The predicted octanol–water partition coefficient (Wildman–Crippen LogP) is 3.25. The summed E-state index contributed by atoms with van der Waals surface area (Å²) in [7, 11) is 1.79. The van der Waals surface area contributed by atoms with E-state index in [2.05, 4.69) is 52.0 Å². The molecule has 1 saturated heterocycles. The van der Waals surface area contributed by atoms with E-state index in [1.165, 1.54) is 16.7 Å². The lowest BCUT2D eigenvalue weighted by Crippen LogP contribution is -2.36. The van der Waals surface area contributed by atoms with Gasteiger partial charge in [0.15, 0.2) is 5.96 Å². The number of nitrogens with zero attached hydrogens (tertiary/aromatic N) is 1. The van der Waals surface area contributed by atoms with Gasteiger partial charge in [0.05, 0.1) is 12.7 Å². The topological polar surface area (TPSA) is 54.9 Å². The van der Waals surface area contributed by atoms with Gasteiger partial charge in [-0.05, 0) is 29.5 Å². The Morgan fingerprint density at radius 2 is 1.63 bits per heavy atom. The van der Waals surface area contributed by atoms with Crippen LogP contribution in [0.25, 0.3) is 0 Å². The summed E-state index contributed by atoms with van der Waals surface area (Å²) in [5, 5.41) is 6.71. The SMILES string of the molecule is CN=C(NCc1ccccc1)NCc1cccc(COC2CCOCC2)c1. The number of hydrogen-bond acceptors (Lipinski definition) is 3. The van der Waals surface area contributed by atoms with Crippen molar-refractivity contribution in [3.8, 4) is 0 Å². The third-order valence-corrected chi connectivity index (χ3v) is 4.63. The van der Waals surface area contributed by atoms with Gasteiger partial charge in [0.2, 0.25) is 0 Å². The van der Waals surface area contributed by atoms with E-state index in [1.54, 1.807) is 7.05 Å². The molecule has 0 aliphatic carbocycles. The molecule has 2 aromatic carbocycles. The minimum absolute atomic E-state index is 0.321. The molecule has 0 spiro atoms. The Labute approximate surface area is 161 Å². The van der Waals surface area contributed by atoms with Crippen LogP contribution in [0.5, 0.6) is 0 Å². The molecule has 2 N–H and O–H groups in total. The summed E-state index contributed by atoms with van der Waals surface area (Å²) in [5.74, 6) is 0.794. The number of aliphatic imine (C=N–C) groups is 1. The molecule has 0 bridgehead atoms. The summed E-state index contributed by atoms with van der Waals surface area (Å²) in [6.45, 7) is 3.74. The summed E-state index contributed by atoms with van der Waals surface area (Å²) in [5.41, 5.74) is 3.64. The van der Waals surface area contributed by atoms with Crippen molar-refractivity contribution >= 4 is 5.96 Å². The van der Waals surface area contributed by atoms with E-state index in [4.69, 9.17) is 9.47 Å². The lowest BCUT2D eigenvalue weighted by molar-refractivity contribution is -0.0390. The van der Waals surface area contributed by atoms with E-state index < -0.39 is 0 Å². The minimum Gasteiger partial charge on any atom is -0.381 e. The van der Waals surface area contributed by atoms with Crippen LogP contribution in [0, 0.1) is 0 Å². The Balaban J connectivity index is 1.45. The fourth-order valence-corrected chi connectivity index (χ4v) is 3.07. The second-order valence-electron chi connectivity index (χ2n) is 6.71. The standard InChI is InChI=1S/C22H29N3O2/c1-23-22(24-15-18-6-3-2-4-7-18)25-16-19-8-5-9-20(14-19)17-27-21-10-12-26-13-11-21/h2-9,14,21H,10-13,15-17H2,1H3,(H2,23,24,25). The largest absolute Gasteiger partial charge is 0.381 e. The summed E-state index contributed by atoms with van der Waals surface area (Å²) in [6, 6.07) is 18.8. The van der Waals surface area contributed by atoms with Crippen LogP contribution in [0.15, 0.2) is 59.6 Å². The van der Waals surface area contributed by atoms with Gasteiger partial charge in [-0.2, -0.15) is 0 Å². The highest BCUT2D eigenvalue weighted by atomic mass is 16.5. The molecule has 0 radical (unpaired) electrons. The monoisotopic (exact) mass is 367 g/mol. The van der Waals surface area contributed by atoms with Gasteiger partial charge < -0.3 is 20.1 Å². The van der Waals surface area contributed by atoms with Crippen molar-refractivity contribution in [1.82, 2.24) is 10.6 Å². The van der Waals surface area contributed by atoms with Crippen LogP contribution in [-0.4, -0.2) is 32.3 Å². The first-order valence-electron chi connectivity index (χ1n) is 9.59. The fraction of sp³-hybridized carbons (Fsp3) is 0.409. The van der Waals surface area contributed by atoms with Crippen molar-refractivity contribution in [3.05, 3.63) is 71.3 Å². The molecule has 0 saturated carbocycles. The maximum Gasteiger partial charge on any atom is 0.191 e. The van der Waals surface area contributed by atoms with E-state index in [-0.39, 0.29) is 0 Å². The van der Waals surface area contributed by atoms with Crippen molar-refractivity contribution in [2.24, 2.45) is 4.99 Å². The maximum atomic E-state index is 6.02. The molecule has 3 rings (SSSR count). The lowest BCUT2D eigenvalue weighted by Gasteiger charge is -2.22. The first-order valence-corrected chi connectivity index (χ1v) is 9.59. The third kappa shape index (κ3) is 6.70. The smallest absolute Gasteiger partial charge is 0.191 e. The second-order valence-corrected chi connectivity index (χ2v) is 6.71. The Morgan fingerprint density at radius 3 is 2.37 bits per heavy atom. The Bertz CT molecular complexity index is 713. The van der Waals surface area contributed by atoms with Crippen LogP contribution in [0.2, 0.25) is 0 Å². The molecule has 2 aromatic rings. The van der Waals surface area contributed by atoms with Gasteiger partial charge >= 0.3 is 0 Å². The van der Waals surface area contributed by atoms with Gasteiger partial charge in [0.1, 0.15) is 0 Å². The fourth-order valence-electron chi connectivity index (χ4n) is 3.07. The quantitative estimate of drug-likeness (QED) is 0.583. The Hall–Kier alpha value is -2.37. The Kier molecular flexibility index (Phi) is 7.69. The molecule has 5 heteroatoms. The predicted molar refractivity (Wildman–Crippen MR) is 109 cm³/mol. The van der Waals surface area contributed by atoms with Crippen LogP contribution in [0.4, 0.5) is 0 Å². The van der Waals surface area contributed by atoms with Crippen molar-refractivity contribution in [1.29, 1.82) is 0 Å². The zero-order valence-electron chi connectivity index (χ0n) is 16.0. The van der Waals surface area contributed by atoms with E-state index >= 15 is 0 Å². The summed E-state index contributed by atoms with van der Waals surface area (Å²) in [6.07, 6.45) is 2.30. The van der Waals surface area contributed by atoms with Crippen LogP contribution < -0.4 is 10.6 Å². The van der Waals surface area contributed by atoms with E-state index in [0.29, 0.717) is 12.7 Å². The molecular formula is C22H29N3O2. The second kappa shape index (κ2) is 10.7. The molecule has 1 aliphatic rings. The van der Waals surface area contributed by atoms with Crippen molar-refractivity contribution in [3.63, 3.8) is 0 Å².